The Morgan fingerprint density at radius 1 is 1.10 bits per heavy atom. The fourth-order valence-corrected chi connectivity index (χ4v) is 2.29. The van der Waals surface area contributed by atoms with Gasteiger partial charge in [-0.05, 0) is 17.7 Å². The molecule has 0 amide bonds. The summed E-state index contributed by atoms with van der Waals surface area (Å²) in [6, 6.07) is 21.1. The summed E-state index contributed by atoms with van der Waals surface area (Å²) in [5, 5.41) is 21.2. The zero-order valence-corrected chi connectivity index (χ0v) is 12.1. The van der Waals surface area contributed by atoms with Gasteiger partial charge in [0.2, 0.25) is 0 Å². The fourth-order valence-electron chi connectivity index (χ4n) is 1.56. The van der Waals surface area contributed by atoms with Crippen LogP contribution in [0.5, 0.6) is 0 Å². The van der Waals surface area contributed by atoms with E-state index in [1.54, 1.807) is 0 Å². The summed E-state index contributed by atoms with van der Waals surface area (Å²) in [7, 11) is 0. The molecule has 0 heterocycles. The first-order valence-corrected chi connectivity index (χ1v) is 7.32. The zero-order chi connectivity index (χ0) is 14.9. The van der Waals surface area contributed by atoms with Crippen LogP contribution in [0.1, 0.15) is 5.56 Å². The lowest BCUT2D eigenvalue weighted by Crippen LogP contribution is -2.09. The molecule has 0 aromatic heterocycles. The van der Waals surface area contributed by atoms with Crippen molar-refractivity contribution in [2.75, 3.05) is 5.43 Å². The molecule has 0 atom stereocenters. The van der Waals surface area contributed by atoms with Gasteiger partial charge in [-0.3, -0.25) is 10.8 Å². The first-order chi connectivity index (χ1) is 10.3. The Morgan fingerprint density at radius 3 is 2.33 bits per heavy atom. The van der Waals surface area contributed by atoms with Crippen molar-refractivity contribution in [1.29, 1.82) is 10.7 Å². The predicted octanol–water partition coefficient (Wildman–Crippen LogP) is 3.89. The molecule has 2 aromatic rings. The van der Waals surface area contributed by atoms with Crippen LogP contribution >= 0.6 is 11.8 Å². The molecule has 0 aliphatic carbocycles. The lowest BCUT2D eigenvalue weighted by Gasteiger charge is -2.03. The lowest BCUT2D eigenvalue weighted by molar-refractivity contribution is 1.34. The number of para-hydroxylation sites is 1. The van der Waals surface area contributed by atoms with Crippen molar-refractivity contribution < 1.29 is 0 Å². The monoisotopic (exact) mass is 294 g/mol. The van der Waals surface area contributed by atoms with Crippen molar-refractivity contribution in [3.8, 4) is 6.07 Å². The molecular weight excluding hydrogens is 280 g/mol. The Balaban J connectivity index is 1.94. The van der Waals surface area contributed by atoms with Crippen LogP contribution in [0.15, 0.2) is 65.8 Å². The highest BCUT2D eigenvalue weighted by molar-refractivity contribution is 8.15. The molecule has 2 rings (SSSR count). The standard InChI is InChI=1S/C16H14N4S/c17-11-15(20-19-14-9-5-2-6-10-14)16(18)21-12-13-7-3-1-4-8-13/h1-10,18-19H,12H2/b18-16?,20-15+. The quantitative estimate of drug-likeness (QED) is 0.499. The molecule has 0 aliphatic rings. The number of rotatable bonds is 5. The van der Waals surface area contributed by atoms with Gasteiger partial charge in [0, 0.05) is 5.75 Å². The number of hydrazone groups is 1. The Hall–Kier alpha value is -2.58. The summed E-state index contributed by atoms with van der Waals surface area (Å²) in [5.74, 6) is 0.645. The van der Waals surface area contributed by atoms with Gasteiger partial charge in [0.25, 0.3) is 0 Å². The summed E-state index contributed by atoms with van der Waals surface area (Å²) >= 11 is 1.29. The molecular formula is C16H14N4S. The third-order valence-corrected chi connectivity index (χ3v) is 3.58. The normalized spacial score (nSPS) is 10.7. The van der Waals surface area contributed by atoms with Gasteiger partial charge < -0.3 is 0 Å². The van der Waals surface area contributed by atoms with Gasteiger partial charge in [0.1, 0.15) is 11.1 Å². The van der Waals surface area contributed by atoms with E-state index in [0.29, 0.717) is 5.75 Å². The Labute approximate surface area is 128 Å². The molecule has 4 nitrogen and oxygen atoms in total. The van der Waals surface area contributed by atoms with Gasteiger partial charge in [-0.25, -0.2) is 0 Å². The van der Waals surface area contributed by atoms with E-state index in [9.17, 15) is 0 Å². The van der Waals surface area contributed by atoms with Crippen LogP contribution in [0.4, 0.5) is 5.69 Å². The van der Waals surface area contributed by atoms with E-state index >= 15 is 0 Å². The van der Waals surface area contributed by atoms with Crippen molar-refractivity contribution in [3.05, 3.63) is 66.2 Å². The van der Waals surface area contributed by atoms with E-state index in [2.05, 4.69) is 10.5 Å². The topological polar surface area (TPSA) is 72.0 Å². The van der Waals surface area contributed by atoms with Crippen LogP contribution in [-0.4, -0.2) is 10.8 Å². The zero-order valence-electron chi connectivity index (χ0n) is 11.3. The number of benzene rings is 2. The number of nitrogens with zero attached hydrogens (tertiary/aromatic N) is 2. The molecule has 104 valence electrons. The molecule has 2 aromatic carbocycles. The minimum Gasteiger partial charge on any atom is -0.291 e. The number of thioether (sulfide) groups is 1. The maximum absolute atomic E-state index is 9.10. The SMILES string of the molecule is N#C/C(=N\Nc1ccccc1)C(=N)SCc1ccccc1. The van der Waals surface area contributed by atoms with E-state index in [-0.39, 0.29) is 10.8 Å². The first-order valence-electron chi connectivity index (χ1n) is 6.34. The molecule has 0 radical (unpaired) electrons. The van der Waals surface area contributed by atoms with E-state index in [1.807, 2.05) is 66.7 Å². The molecule has 0 aliphatic heterocycles. The van der Waals surface area contributed by atoms with Crippen LogP contribution in [-0.2, 0) is 5.75 Å². The molecule has 0 fully saturated rings. The van der Waals surface area contributed by atoms with Gasteiger partial charge in [0.15, 0.2) is 5.71 Å². The lowest BCUT2D eigenvalue weighted by atomic mass is 10.2. The highest BCUT2D eigenvalue weighted by atomic mass is 32.2. The third-order valence-electron chi connectivity index (χ3n) is 2.62. The van der Waals surface area contributed by atoms with Gasteiger partial charge in [-0.15, -0.1) is 0 Å². The summed E-state index contributed by atoms with van der Waals surface area (Å²) in [4.78, 5) is 0. The Kier molecular flexibility index (Phi) is 5.56. The van der Waals surface area contributed by atoms with Gasteiger partial charge in [-0.1, -0.05) is 60.3 Å². The minimum absolute atomic E-state index is 0.0831. The number of anilines is 1. The van der Waals surface area contributed by atoms with Crippen LogP contribution in [0.2, 0.25) is 0 Å². The molecule has 5 heteroatoms. The molecule has 0 spiro atoms. The second kappa shape index (κ2) is 7.88. The largest absolute Gasteiger partial charge is 0.291 e. The number of hydrogen-bond acceptors (Lipinski definition) is 5. The Bertz CT molecular complexity index is 660. The van der Waals surface area contributed by atoms with Crippen molar-refractivity contribution in [2.24, 2.45) is 5.10 Å². The minimum atomic E-state index is 0.0831. The second-order valence-electron chi connectivity index (χ2n) is 4.15. The first kappa shape index (κ1) is 14.8. The number of nitrogens with one attached hydrogen (secondary N) is 2. The summed E-state index contributed by atoms with van der Waals surface area (Å²) in [6.45, 7) is 0. The predicted molar refractivity (Wildman–Crippen MR) is 88.6 cm³/mol. The van der Waals surface area contributed by atoms with Gasteiger partial charge >= 0.3 is 0 Å². The molecule has 0 saturated heterocycles. The average molecular weight is 294 g/mol. The van der Waals surface area contributed by atoms with Crippen molar-refractivity contribution >= 4 is 28.2 Å². The van der Waals surface area contributed by atoms with Crippen LogP contribution in [0, 0.1) is 16.7 Å². The third kappa shape index (κ3) is 4.79. The van der Waals surface area contributed by atoms with Crippen molar-refractivity contribution in [1.82, 2.24) is 0 Å². The van der Waals surface area contributed by atoms with E-state index < -0.39 is 0 Å². The molecule has 0 bridgehead atoms. The van der Waals surface area contributed by atoms with E-state index in [1.165, 1.54) is 11.8 Å². The highest BCUT2D eigenvalue weighted by Crippen LogP contribution is 2.14. The van der Waals surface area contributed by atoms with E-state index in [4.69, 9.17) is 10.7 Å². The maximum atomic E-state index is 9.10. The fraction of sp³-hybridized carbons (Fsp3) is 0.0625. The Morgan fingerprint density at radius 2 is 1.71 bits per heavy atom. The number of nitriles is 1. The van der Waals surface area contributed by atoms with Gasteiger partial charge in [0.05, 0.1) is 5.69 Å². The van der Waals surface area contributed by atoms with Crippen molar-refractivity contribution in [3.63, 3.8) is 0 Å². The second-order valence-corrected chi connectivity index (χ2v) is 5.14. The average Bonchev–Trinajstić information content (AvgIpc) is 2.55. The smallest absolute Gasteiger partial charge is 0.192 e. The van der Waals surface area contributed by atoms with Crippen LogP contribution < -0.4 is 5.43 Å². The number of hydrogen-bond donors (Lipinski definition) is 2. The maximum Gasteiger partial charge on any atom is 0.192 e. The molecule has 0 saturated carbocycles. The van der Waals surface area contributed by atoms with Crippen LogP contribution in [0.3, 0.4) is 0 Å². The van der Waals surface area contributed by atoms with Crippen molar-refractivity contribution in [2.45, 2.75) is 5.75 Å². The summed E-state index contributed by atoms with van der Waals surface area (Å²) in [6.07, 6.45) is 0. The molecule has 2 N–H and O–H groups in total. The summed E-state index contributed by atoms with van der Waals surface area (Å²) in [5.41, 5.74) is 4.76. The highest BCUT2D eigenvalue weighted by Gasteiger charge is 2.07. The van der Waals surface area contributed by atoms with Gasteiger partial charge in [-0.2, -0.15) is 10.4 Å². The molecule has 21 heavy (non-hydrogen) atoms. The summed E-state index contributed by atoms with van der Waals surface area (Å²) < 4.78 is 0. The van der Waals surface area contributed by atoms with E-state index in [0.717, 1.165) is 11.3 Å². The van der Waals surface area contributed by atoms with Crippen LogP contribution in [0.25, 0.3) is 0 Å². The molecule has 0 unspecified atom stereocenters.